The Bertz CT molecular complexity index is 168. The highest BCUT2D eigenvalue weighted by molar-refractivity contribution is 9.09. The summed E-state index contributed by atoms with van der Waals surface area (Å²) in [7, 11) is 0. The average Bonchev–Trinajstić information content (AvgIpc) is 2.01. The smallest absolute Gasteiger partial charge is 0.223 e. The summed E-state index contributed by atoms with van der Waals surface area (Å²) in [5, 5.41) is 3.96. The van der Waals surface area contributed by atoms with Gasteiger partial charge >= 0.3 is 0 Å². The molecule has 0 saturated heterocycles. The lowest BCUT2D eigenvalue weighted by Gasteiger charge is -2.27. The lowest BCUT2D eigenvalue weighted by Crippen LogP contribution is -2.45. The Morgan fingerprint density at radius 3 is 2.46 bits per heavy atom. The number of hydrogen-bond acceptors (Lipinski definition) is 1. The quantitative estimate of drug-likeness (QED) is 0.747. The van der Waals surface area contributed by atoms with E-state index < -0.39 is 0 Å². The number of carbonyl (C=O) groups excluding carboxylic acids is 1. The zero-order valence-electron chi connectivity index (χ0n) is 8.98. The first-order valence-corrected chi connectivity index (χ1v) is 5.93. The van der Waals surface area contributed by atoms with E-state index in [1.807, 2.05) is 13.8 Å². The van der Waals surface area contributed by atoms with E-state index in [0.717, 1.165) is 18.2 Å². The molecule has 1 amide bonds. The molecule has 0 saturated carbocycles. The fraction of sp³-hybridized carbons (Fsp3) is 0.900. The zero-order valence-corrected chi connectivity index (χ0v) is 10.6. The van der Waals surface area contributed by atoms with Gasteiger partial charge in [-0.3, -0.25) is 4.79 Å². The monoisotopic (exact) mass is 249 g/mol. The van der Waals surface area contributed by atoms with Gasteiger partial charge in [-0.15, -0.1) is 0 Å². The van der Waals surface area contributed by atoms with Crippen LogP contribution >= 0.6 is 15.9 Å². The topological polar surface area (TPSA) is 29.1 Å². The summed E-state index contributed by atoms with van der Waals surface area (Å²) in [5.74, 6) is 0.281. The van der Waals surface area contributed by atoms with Gasteiger partial charge in [-0.05, 0) is 26.7 Å². The van der Waals surface area contributed by atoms with Gasteiger partial charge < -0.3 is 5.32 Å². The summed E-state index contributed by atoms with van der Waals surface area (Å²) in [6, 6.07) is 0. The van der Waals surface area contributed by atoms with E-state index in [2.05, 4.69) is 35.1 Å². The first kappa shape index (κ1) is 12.9. The molecule has 0 aromatic rings. The maximum Gasteiger partial charge on any atom is 0.223 e. The number of amides is 1. The van der Waals surface area contributed by atoms with Gasteiger partial charge in [0.25, 0.3) is 0 Å². The second-order valence-electron chi connectivity index (χ2n) is 4.12. The Morgan fingerprint density at radius 2 is 2.08 bits per heavy atom. The van der Waals surface area contributed by atoms with Crippen molar-refractivity contribution in [3.05, 3.63) is 0 Å². The van der Waals surface area contributed by atoms with E-state index in [1.165, 1.54) is 0 Å². The Hall–Kier alpha value is -0.0500. The van der Waals surface area contributed by atoms with Crippen LogP contribution in [0.2, 0.25) is 0 Å². The largest absolute Gasteiger partial charge is 0.351 e. The molecule has 1 N–H and O–H groups in total. The third-order valence-corrected chi connectivity index (χ3v) is 2.64. The molecule has 1 atom stereocenters. The van der Waals surface area contributed by atoms with Crippen LogP contribution in [-0.2, 0) is 4.79 Å². The number of carbonyl (C=O) groups is 1. The molecular weight excluding hydrogens is 230 g/mol. The Kier molecular flexibility index (Phi) is 5.61. The predicted molar refractivity (Wildman–Crippen MR) is 60.1 cm³/mol. The second-order valence-corrected chi connectivity index (χ2v) is 4.91. The standard InChI is InChI=1S/C10H20BrNO/c1-5-8(2)9(13)12-10(3,4)6-7-11/h8H,5-7H2,1-4H3,(H,12,13). The minimum atomic E-state index is -0.0932. The minimum absolute atomic E-state index is 0.0932. The summed E-state index contributed by atoms with van der Waals surface area (Å²) in [4.78, 5) is 11.5. The molecule has 0 aliphatic carbocycles. The number of alkyl halides is 1. The summed E-state index contributed by atoms with van der Waals surface area (Å²) >= 11 is 3.38. The van der Waals surface area contributed by atoms with Crippen molar-refractivity contribution in [2.45, 2.75) is 46.1 Å². The number of hydrogen-bond donors (Lipinski definition) is 1. The summed E-state index contributed by atoms with van der Waals surface area (Å²) in [6.07, 6.45) is 1.85. The van der Waals surface area contributed by atoms with Crippen LogP contribution in [0.25, 0.3) is 0 Å². The average molecular weight is 250 g/mol. The summed E-state index contributed by atoms with van der Waals surface area (Å²) in [5.41, 5.74) is -0.0932. The van der Waals surface area contributed by atoms with E-state index in [0.29, 0.717) is 0 Å². The van der Waals surface area contributed by atoms with Gasteiger partial charge in [-0.25, -0.2) is 0 Å². The lowest BCUT2D eigenvalue weighted by atomic mass is 9.99. The van der Waals surface area contributed by atoms with Crippen molar-refractivity contribution >= 4 is 21.8 Å². The first-order valence-electron chi connectivity index (χ1n) is 4.81. The predicted octanol–water partition coefficient (Wildman–Crippen LogP) is 2.71. The molecular formula is C10H20BrNO. The molecule has 2 nitrogen and oxygen atoms in total. The van der Waals surface area contributed by atoms with Crippen LogP contribution in [0.1, 0.15) is 40.5 Å². The maximum absolute atomic E-state index is 11.5. The van der Waals surface area contributed by atoms with E-state index in [1.54, 1.807) is 0 Å². The SMILES string of the molecule is CCC(C)C(=O)NC(C)(C)CCBr. The molecule has 0 aliphatic heterocycles. The van der Waals surface area contributed by atoms with E-state index in [-0.39, 0.29) is 17.4 Å². The highest BCUT2D eigenvalue weighted by Crippen LogP contribution is 2.12. The fourth-order valence-electron chi connectivity index (χ4n) is 0.941. The van der Waals surface area contributed by atoms with Crippen molar-refractivity contribution in [3.63, 3.8) is 0 Å². The summed E-state index contributed by atoms with van der Waals surface area (Å²) in [6.45, 7) is 8.09. The van der Waals surface area contributed by atoms with Gasteiger partial charge in [-0.2, -0.15) is 0 Å². The molecule has 0 fully saturated rings. The molecule has 0 aromatic heterocycles. The molecule has 3 heteroatoms. The molecule has 1 unspecified atom stereocenters. The Labute approximate surface area is 89.6 Å². The summed E-state index contributed by atoms with van der Waals surface area (Å²) < 4.78 is 0. The van der Waals surface area contributed by atoms with Crippen molar-refractivity contribution in [2.75, 3.05) is 5.33 Å². The normalized spacial score (nSPS) is 13.9. The molecule has 0 radical (unpaired) electrons. The van der Waals surface area contributed by atoms with Gasteiger partial charge in [0.15, 0.2) is 0 Å². The molecule has 0 aliphatic rings. The van der Waals surface area contributed by atoms with E-state index in [4.69, 9.17) is 0 Å². The van der Waals surface area contributed by atoms with Crippen molar-refractivity contribution < 1.29 is 4.79 Å². The number of rotatable bonds is 5. The van der Waals surface area contributed by atoms with Crippen molar-refractivity contribution in [1.82, 2.24) is 5.32 Å². The second kappa shape index (κ2) is 5.63. The fourth-order valence-corrected chi connectivity index (χ4v) is 1.93. The molecule has 0 rings (SSSR count). The minimum Gasteiger partial charge on any atom is -0.351 e. The molecule has 0 aromatic carbocycles. The van der Waals surface area contributed by atoms with Gasteiger partial charge in [0, 0.05) is 16.8 Å². The number of nitrogens with one attached hydrogen (secondary N) is 1. The third-order valence-electron chi connectivity index (χ3n) is 2.24. The third kappa shape index (κ3) is 5.29. The van der Waals surface area contributed by atoms with Crippen LogP contribution in [0.4, 0.5) is 0 Å². The molecule has 13 heavy (non-hydrogen) atoms. The van der Waals surface area contributed by atoms with Crippen LogP contribution < -0.4 is 5.32 Å². The van der Waals surface area contributed by atoms with Gasteiger partial charge in [0.05, 0.1) is 0 Å². The zero-order chi connectivity index (χ0) is 10.5. The van der Waals surface area contributed by atoms with Crippen LogP contribution in [-0.4, -0.2) is 16.8 Å². The molecule has 0 bridgehead atoms. The van der Waals surface area contributed by atoms with Crippen molar-refractivity contribution in [3.8, 4) is 0 Å². The molecule has 78 valence electrons. The van der Waals surface area contributed by atoms with Crippen LogP contribution in [0, 0.1) is 5.92 Å². The Morgan fingerprint density at radius 1 is 1.54 bits per heavy atom. The maximum atomic E-state index is 11.5. The Balaban J connectivity index is 4.03. The lowest BCUT2D eigenvalue weighted by molar-refractivity contribution is -0.126. The van der Waals surface area contributed by atoms with Crippen LogP contribution in [0.5, 0.6) is 0 Å². The molecule has 0 heterocycles. The van der Waals surface area contributed by atoms with Gasteiger partial charge in [0.1, 0.15) is 0 Å². The number of halogens is 1. The van der Waals surface area contributed by atoms with Crippen molar-refractivity contribution in [1.29, 1.82) is 0 Å². The van der Waals surface area contributed by atoms with Gasteiger partial charge in [-0.1, -0.05) is 29.8 Å². The molecule has 0 spiro atoms. The van der Waals surface area contributed by atoms with Crippen LogP contribution in [0.15, 0.2) is 0 Å². The van der Waals surface area contributed by atoms with Crippen LogP contribution in [0.3, 0.4) is 0 Å². The highest BCUT2D eigenvalue weighted by Gasteiger charge is 2.21. The van der Waals surface area contributed by atoms with E-state index in [9.17, 15) is 4.79 Å². The highest BCUT2D eigenvalue weighted by atomic mass is 79.9. The van der Waals surface area contributed by atoms with Crippen molar-refractivity contribution in [2.24, 2.45) is 5.92 Å². The van der Waals surface area contributed by atoms with E-state index >= 15 is 0 Å². The van der Waals surface area contributed by atoms with Gasteiger partial charge in [0.2, 0.25) is 5.91 Å². The first-order chi connectivity index (χ1) is 5.93.